The smallest absolute Gasteiger partial charge is 0.236 e. The summed E-state index contributed by atoms with van der Waals surface area (Å²) in [5.74, 6) is 1.05. The highest BCUT2D eigenvalue weighted by Crippen LogP contribution is 2.30. The van der Waals surface area contributed by atoms with Gasteiger partial charge < -0.3 is 10.3 Å². The van der Waals surface area contributed by atoms with Gasteiger partial charge in [-0.1, -0.05) is 24.4 Å². The Labute approximate surface area is 88.0 Å². The standard InChI is InChI=1S/C10H15N3O2/c11-8(14)6-9-12-10(13-15-9)7-4-2-1-3-5-7/h7H,1-6H2,(H2,11,14). The van der Waals surface area contributed by atoms with Gasteiger partial charge in [0.1, 0.15) is 6.42 Å². The predicted octanol–water partition coefficient (Wildman–Crippen LogP) is 1.15. The molecule has 0 radical (unpaired) electrons. The zero-order valence-corrected chi connectivity index (χ0v) is 8.61. The molecule has 82 valence electrons. The van der Waals surface area contributed by atoms with Gasteiger partial charge in [0.15, 0.2) is 5.82 Å². The van der Waals surface area contributed by atoms with Crippen molar-refractivity contribution < 1.29 is 9.32 Å². The number of aromatic nitrogens is 2. The quantitative estimate of drug-likeness (QED) is 0.809. The van der Waals surface area contributed by atoms with Crippen LogP contribution in [0.3, 0.4) is 0 Å². The molecule has 1 saturated carbocycles. The van der Waals surface area contributed by atoms with E-state index in [4.69, 9.17) is 10.3 Å². The third kappa shape index (κ3) is 2.55. The topological polar surface area (TPSA) is 82.0 Å². The van der Waals surface area contributed by atoms with Crippen molar-refractivity contribution in [3.05, 3.63) is 11.7 Å². The van der Waals surface area contributed by atoms with Gasteiger partial charge in [-0.15, -0.1) is 0 Å². The highest BCUT2D eigenvalue weighted by atomic mass is 16.5. The fourth-order valence-corrected chi connectivity index (χ4v) is 2.02. The van der Waals surface area contributed by atoms with Gasteiger partial charge in [0.2, 0.25) is 11.8 Å². The van der Waals surface area contributed by atoms with Crippen molar-refractivity contribution in [1.82, 2.24) is 10.1 Å². The van der Waals surface area contributed by atoms with Crippen LogP contribution in [-0.4, -0.2) is 16.0 Å². The summed E-state index contributed by atoms with van der Waals surface area (Å²) in [4.78, 5) is 14.8. The first-order valence-electron chi connectivity index (χ1n) is 5.36. The van der Waals surface area contributed by atoms with Gasteiger partial charge in [-0.3, -0.25) is 4.79 Å². The summed E-state index contributed by atoms with van der Waals surface area (Å²) in [6, 6.07) is 0. The lowest BCUT2D eigenvalue weighted by Crippen LogP contribution is -2.14. The van der Waals surface area contributed by atoms with Crippen LogP contribution in [0.25, 0.3) is 0 Å². The van der Waals surface area contributed by atoms with E-state index in [1.807, 2.05) is 0 Å². The van der Waals surface area contributed by atoms with Crippen LogP contribution in [0, 0.1) is 0 Å². The lowest BCUT2D eigenvalue weighted by Gasteiger charge is -2.17. The number of hydrogen-bond acceptors (Lipinski definition) is 4. The fraction of sp³-hybridized carbons (Fsp3) is 0.700. The second kappa shape index (κ2) is 4.42. The second-order valence-electron chi connectivity index (χ2n) is 4.02. The van der Waals surface area contributed by atoms with Crippen molar-refractivity contribution in [2.45, 2.75) is 44.4 Å². The summed E-state index contributed by atoms with van der Waals surface area (Å²) in [7, 11) is 0. The molecular formula is C10H15N3O2. The normalized spacial score (nSPS) is 17.9. The van der Waals surface area contributed by atoms with E-state index in [9.17, 15) is 4.79 Å². The van der Waals surface area contributed by atoms with Gasteiger partial charge in [0.25, 0.3) is 0 Å². The van der Waals surface area contributed by atoms with E-state index < -0.39 is 5.91 Å². The molecule has 1 fully saturated rings. The molecule has 0 saturated heterocycles. The summed E-state index contributed by atoms with van der Waals surface area (Å²) in [6.45, 7) is 0. The number of rotatable bonds is 3. The van der Waals surface area contributed by atoms with Gasteiger partial charge >= 0.3 is 0 Å². The Morgan fingerprint density at radius 1 is 1.40 bits per heavy atom. The van der Waals surface area contributed by atoms with Crippen LogP contribution in [0.4, 0.5) is 0 Å². The van der Waals surface area contributed by atoms with Crippen LogP contribution in [0.5, 0.6) is 0 Å². The maximum atomic E-state index is 10.6. The Morgan fingerprint density at radius 3 is 2.80 bits per heavy atom. The molecule has 5 heteroatoms. The monoisotopic (exact) mass is 209 g/mol. The lowest BCUT2D eigenvalue weighted by atomic mass is 9.89. The maximum absolute atomic E-state index is 10.6. The molecule has 0 bridgehead atoms. The molecular weight excluding hydrogens is 194 g/mol. The number of primary amides is 1. The van der Waals surface area contributed by atoms with Crippen molar-refractivity contribution in [2.24, 2.45) is 5.73 Å². The first-order valence-corrected chi connectivity index (χ1v) is 5.36. The van der Waals surface area contributed by atoms with Crippen molar-refractivity contribution in [3.8, 4) is 0 Å². The molecule has 0 spiro atoms. The van der Waals surface area contributed by atoms with E-state index in [0.717, 1.165) is 18.7 Å². The molecule has 1 heterocycles. The predicted molar refractivity (Wildman–Crippen MR) is 53.0 cm³/mol. The van der Waals surface area contributed by atoms with E-state index in [2.05, 4.69) is 10.1 Å². The average Bonchev–Trinajstić information content (AvgIpc) is 2.67. The first kappa shape index (κ1) is 10.1. The van der Waals surface area contributed by atoms with Crippen LogP contribution in [0.2, 0.25) is 0 Å². The Balaban J connectivity index is 2.02. The Kier molecular flexibility index (Phi) is 2.99. The van der Waals surface area contributed by atoms with Gasteiger partial charge in [0.05, 0.1) is 0 Å². The summed E-state index contributed by atoms with van der Waals surface area (Å²) in [5.41, 5.74) is 5.05. The van der Waals surface area contributed by atoms with Crippen molar-refractivity contribution in [1.29, 1.82) is 0 Å². The van der Waals surface area contributed by atoms with Crippen molar-refractivity contribution in [3.63, 3.8) is 0 Å². The number of nitrogens with zero attached hydrogens (tertiary/aromatic N) is 2. The fourth-order valence-electron chi connectivity index (χ4n) is 2.02. The SMILES string of the molecule is NC(=O)Cc1nc(C2CCCCC2)no1. The molecule has 1 aromatic heterocycles. The van der Waals surface area contributed by atoms with E-state index in [1.165, 1.54) is 19.3 Å². The first-order chi connectivity index (χ1) is 7.25. The highest BCUT2D eigenvalue weighted by Gasteiger charge is 2.21. The zero-order valence-electron chi connectivity index (χ0n) is 8.61. The van der Waals surface area contributed by atoms with Gasteiger partial charge in [0, 0.05) is 5.92 Å². The third-order valence-corrected chi connectivity index (χ3v) is 2.78. The third-order valence-electron chi connectivity index (χ3n) is 2.78. The summed E-state index contributed by atoms with van der Waals surface area (Å²) in [5, 5.41) is 3.90. The number of hydrogen-bond donors (Lipinski definition) is 1. The molecule has 0 aliphatic heterocycles. The average molecular weight is 209 g/mol. The molecule has 2 N–H and O–H groups in total. The second-order valence-corrected chi connectivity index (χ2v) is 4.02. The van der Waals surface area contributed by atoms with E-state index in [-0.39, 0.29) is 6.42 Å². The molecule has 1 aliphatic rings. The van der Waals surface area contributed by atoms with E-state index in [1.54, 1.807) is 0 Å². The van der Waals surface area contributed by atoms with Crippen LogP contribution in [0.1, 0.15) is 49.7 Å². The zero-order chi connectivity index (χ0) is 10.7. The van der Waals surface area contributed by atoms with Gasteiger partial charge in [-0.2, -0.15) is 4.98 Å². The largest absolute Gasteiger partial charge is 0.369 e. The summed E-state index contributed by atoms with van der Waals surface area (Å²) >= 11 is 0. The number of carbonyl (C=O) groups is 1. The van der Waals surface area contributed by atoms with E-state index >= 15 is 0 Å². The van der Waals surface area contributed by atoms with Crippen molar-refractivity contribution >= 4 is 5.91 Å². The van der Waals surface area contributed by atoms with Crippen LogP contribution in [0.15, 0.2) is 4.52 Å². The molecule has 0 atom stereocenters. The molecule has 1 aliphatic carbocycles. The number of nitrogens with two attached hydrogens (primary N) is 1. The van der Waals surface area contributed by atoms with Gasteiger partial charge in [-0.05, 0) is 12.8 Å². The molecule has 0 unspecified atom stereocenters. The Hall–Kier alpha value is -1.39. The van der Waals surface area contributed by atoms with Crippen LogP contribution < -0.4 is 5.73 Å². The van der Waals surface area contributed by atoms with Gasteiger partial charge in [-0.25, -0.2) is 0 Å². The van der Waals surface area contributed by atoms with Crippen LogP contribution in [-0.2, 0) is 11.2 Å². The summed E-state index contributed by atoms with van der Waals surface area (Å²) in [6.07, 6.45) is 6.03. The maximum Gasteiger partial charge on any atom is 0.236 e. The molecule has 1 amide bonds. The number of carbonyl (C=O) groups excluding carboxylic acids is 1. The molecule has 1 aromatic rings. The minimum Gasteiger partial charge on any atom is -0.369 e. The molecule has 2 rings (SSSR count). The summed E-state index contributed by atoms with van der Waals surface area (Å²) < 4.78 is 4.97. The highest BCUT2D eigenvalue weighted by molar-refractivity contribution is 5.75. The molecule has 5 nitrogen and oxygen atoms in total. The minimum atomic E-state index is -0.436. The minimum absolute atomic E-state index is 0.0414. The number of amides is 1. The Bertz CT molecular complexity index is 342. The molecule has 15 heavy (non-hydrogen) atoms. The Morgan fingerprint density at radius 2 is 2.13 bits per heavy atom. The van der Waals surface area contributed by atoms with Crippen molar-refractivity contribution in [2.75, 3.05) is 0 Å². The molecule has 0 aromatic carbocycles. The van der Waals surface area contributed by atoms with Crippen LogP contribution >= 0.6 is 0 Å². The van der Waals surface area contributed by atoms with E-state index in [0.29, 0.717) is 11.8 Å². The lowest BCUT2D eigenvalue weighted by molar-refractivity contribution is -0.117.